The third-order valence-corrected chi connectivity index (χ3v) is 4.63. The highest BCUT2D eigenvalue weighted by Crippen LogP contribution is 2.19. The quantitative estimate of drug-likeness (QED) is 0.781. The van der Waals surface area contributed by atoms with Crippen LogP contribution in [-0.4, -0.2) is 28.4 Å². The molecule has 0 amide bonds. The predicted octanol–water partition coefficient (Wildman–Crippen LogP) is 2.42. The Kier molecular flexibility index (Phi) is 4.01. The van der Waals surface area contributed by atoms with Crippen molar-refractivity contribution in [1.82, 2.24) is 20.0 Å². The highest BCUT2D eigenvalue weighted by Gasteiger charge is 2.17. The number of aryl methyl sites for hydroxylation is 1. The number of halogens is 1. The van der Waals surface area contributed by atoms with Gasteiger partial charge in [0.2, 0.25) is 0 Å². The fourth-order valence-electron chi connectivity index (χ4n) is 1.88. The molecule has 2 heterocycles. The van der Waals surface area contributed by atoms with E-state index in [0.717, 1.165) is 5.69 Å². The fourth-order valence-corrected chi connectivity index (χ4v) is 3.05. The maximum Gasteiger partial charge on any atom is 0.263 e. The van der Waals surface area contributed by atoms with Crippen LogP contribution < -0.4 is 4.72 Å². The van der Waals surface area contributed by atoms with E-state index in [1.807, 2.05) is 6.92 Å². The predicted molar refractivity (Wildman–Crippen MR) is 86.2 cm³/mol. The summed E-state index contributed by atoms with van der Waals surface area (Å²) in [7, 11) is -3.76. The summed E-state index contributed by atoms with van der Waals surface area (Å²) in [4.78, 5) is 0.102. The molecule has 1 aromatic carbocycles. The van der Waals surface area contributed by atoms with Gasteiger partial charge in [-0.05, 0) is 43.3 Å². The summed E-state index contributed by atoms with van der Waals surface area (Å²) in [6.07, 6.45) is 1.47. The van der Waals surface area contributed by atoms with Crippen molar-refractivity contribution in [1.29, 1.82) is 0 Å². The van der Waals surface area contributed by atoms with E-state index < -0.39 is 10.0 Å². The van der Waals surface area contributed by atoms with Gasteiger partial charge in [-0.1, -0.05) is 11.6 Å². The average molecular weight is 350 g/mol. The number of sulfonamides is 1. The first-order valence-electron chi connectivity index (χ1n) is 6.59. The Bertz CT molecular complexity index is 921. The Hall–Kier alpha value is -2.45. The van der Waals surface area contributed by atoms with Crippen LogP contribution in [0.5, 0.6) is 0 Å². The second-order valence-electron chi connectivity index (χ2n) is 4.72. The van der Waals surface area contributed by atoms with E-state index in [-0.39, 0.29) is 10.7 Å². The highest BCUT2D eigenvalue weighted by atomic mass is 35.5. The topological polar surface area (TPSA) is 89.8 Å². The van der Waals surface area contributed by atoms with E-state index in [9.17, 15) is 8.42 Å². The van der Waals surface area contributed by atoms with E-state index in [0.29, 0.717) is 10.8 Å². The Labute approximate surface area is 138 Å². The van der Waals surface area contributed by atoms with Crippen LogP contribution in [0.3, 0.4) is 0 Å². The van der Waals surface area contributed by atoms with Crippen molar-refractivity contribution in [3.05, 3.63) is 59.4 Å². The molecule has 0 aliphatic carbocycles. The number of benzene rings is 1. The lowest BCUT2D eigenvalue weighted by molar-refractivity contribution is 0.600. The Morgan fingerprint density at radius 2 is 1.78 bits per heavy atom. The zero-order valence-corrected chi connectivity index (χ0v) is 13.6. The van der Waals surface area contributed by atoms with Gasteiger partial charge in [-0.25, -0.2) is 8.42 Å². The number of anilines is 1. The van der Waals surface area contributed by atoms with Gasteiger partial charge in [0.15, 0.2) is 5.82 Å². The number of aromatic nitrogens is 4. The number of hydrogen-bond donors (Lipinski definition) is 1. The summed E-state index contributed by atoms with van der Waals surface area (Å²) in [6, 6.07) is 10.9. The van der Waals surface area contributed by atoms with Crippen molar-refractivity contribution in [2.45, 2.75) is 11.8 Å². The third-order valence-electron chi connectivity index (χ3n) is 3.01. The molecule has 0 saturated heterocycles. The second-order valence-corrected chi connectivity index (χ2v) is 6.84. The smallest absolute Gasteiger partial charge is 0.263 e. The minimum Gasteiger partial charge on any atom is -0.263 e. The van der Waals surface area contributed by atoms with E-state index >= 15 is 0 Å². The number of nitrogens with one attached hydrogen (secondary N) is 1. The molecule has 0 spiro atoms. The van der Waals surface area contributed by atoms with Crippen LogP contribution in [0.2, 0.25) is 5.02 Å². The number of nitrogens with zero attached hydrogens (tertiary/aromatic N) is 4. The summed E-state index contributed by atoms with van der Waals surface area (Å²) in [5, 5.41) is 12.5. The van der Waals surface area contributed by atoms with Gasteiger partial charge in [-0.15, -0.1) is 5.10 Å². The van der Waals surface area contributed by atoms with Crippen molar-refractivity contribution in [3.8, 4) is 5.82 Å². The van der Waals surface area contributed by atoms with Crippen LogP contribution in [0, 0.1) is 6.92 Å². The third kappa shape index (κ3) is 3.33. The lowest BCUT2D eigenvalue weighted by Gasteiger charge is -2.10. The normalized spacial score (nSPS) is 11.4. The molecule has 3 aromatic rings. The number of hydrogen-bond acceptors (Lipinski definition) is 5. The van der Waals surface area contributed by atoms with E-state index in [1.165, 1.54) is 41.2 Å². The van der Waals surface area contributed by atoms with Crippen molar-refractivity contribution in [3.63, 3.8) is 0 Å². The van der Waals surface area contributed by atoms with E-state index in [1.54, 1.807) is 12.1 Å². The summed E-state index contributed by atoms with van der Waals surface area (Å²) < 4.78 is 28.7. The zero-order valence-electron chi connectivity index (χ0n) is 12.0. The van der Waals surface area contributed by atoms with Gasteiger partial charge >= 0.3 is 0 Å². The van der Waals surface area contributed by atoms with Crippen LogP contribution in [0.15, 0.2) is 53.6 Å². The Morgan fingerprint density at radius 1 is 1.04 bits per heavy atom. The molecule has 9 heteroatoms. The van der Waals surface area contributed by atoms with Crippen LogP contribution in [0.4, 0.5) is 5.82 Å². The molecule has 0 aliphatic rings. The Balaban J connectivity index is 1.93. The summed E-state index contributed by atoms with van der Waals surface area (Å²) in [5.74, 6) is 0.674. The first-order valence-corrected chi connectivity index (χ1v) is 8.45. The van der Waals surface area contributed by atoms with E-state index in [2.05, 4.69) is 20.0 Å². The van der Waals surface area contributed by atoms with Gasteiger partial charge in [0, 0.05) is 11.1 Å². The van der Waals surface area contributed by atoms with Gasteiger partial charge in [0.05, 0.1) is 16.8 Å². The van der Waals surface area contributed by atoms with Gasteiger partial charge in [0.25, 0.3) is 10.0 Å². The van der Waals surface area contributed by atoms with Crippen LogP contribution >= 0.6 is 11.6 Å². The van der Waals surface area contributed by atoms with Crippen LogP contribution in [-0.2, 0) is 10.0 Å². The molecule has 0 fully saturated rings. The molecule has 2 aromatic heterocycles. The van der Waals surface area contributed by atoms with Crippen molar-refractivity contribution >= 4 is 27.4 Å². The summed E-state index contributed by atoms with van der Waals surface area (Å²) >= 11 is 5.78. The molecule has 0 saturated carbocycles. The monoisotopic (exact) mass is 349 g/mol. The minimum atomic E-state index is -3.76. The number of rotatable bonds is 4. The van der Waals surface area contributed by atoms with Crippen molar-refractivity contribution in [2.75, 3.05) is 4.72 Å². The van der Waals surface area contributed by atoms with Gasteiger partial charge in [-0.2, -0.15) is 14.9 Å². The molecule has 118 valence electrons. The molecule has 0 aliphatic heterocycles. The molecule has 23 heavy (non-hydrogen) atoms. The maximum absolute atomic E-state index is 12.4. The molecule has 1 N–H and O–H groups in total. The Morgan fingerprint density at radius 3 is 2.43 bits per heavy atom. The average Bonchev–Trinajstić information content (AvgIpc) is 2.96. The van der Waals surface area contributed by atoms with Gasteiger partial charge in [-0.3, -0.25) is 4.72 Å². The molecule has 0 atom stereocenters. The van der Waals surface area contributed by atoms with Crippen LogP contribution in [0.1, 0.15) is 5.69 Å². The fraction of sp³-hybridized carbons (Fsp3) is 0.0714. The lowest BCUT2D eigenvalue weighted by Crippen LogP contribution is -2.16. The first kappa shape index (κ1) is 15.4. The largest absolute Gasteiger partial charge is 0.263 e. The molecule has 0 bridgehead atoms. The first-order chi connectivity index (χ1) is 11.0. The summed E-state index contributed by atoms with van der Waals surface area (Å²) in [5.41, 5.74) is 0.754. The van der Waals surface area contributed by atoms with Crippen LogP contribution in [0.25, 0.3) is 5.82 Å². The second kappa shape index (κ2) is 5.98. The van der Waals surface area contributed by atoms with E-state index in [4.69, 9.17) is 11.6 Å². The molecule has 0 radical (unpaired) electrons. The van der Waals surface area contributed by atoms with Crippen molar-refractivity contribution < 1.29 is 8.42 Å². The SMILES string of the molecule is Cc1ccc(-n2nccc2NS(=O)(=O)c2ccc(Cl)cc2)nn1. The lowest BCUT2D eigenvalue weighted by atomic mass is 10.4. The molecular formula is C14H12ClN5O2S. The summed E-state index contributed by atoms with van der Waals surface area (Å²) in [6.45, 7) is 1.81. The maximum atomic E-state index is 12.4. The van der Waals surface area contributed by atoms with Gasteiger partial charge < -0.3 is 0 Å². The molecule has 7 nitrogen and oxygen atoms in total. The molecule has 3 rings (SSSR count). The molecule has 0 unspecified atom stereocenters. The van der Waals surface area contributed by atoms with Crippen molar-refractivity contribution in [2.24, 2.45) is 0 Å². The molecular weight excluding hydrogens is 338 g/mol. The van der Waals surface area contributed by atoms with Gasteiger partial charge in [0.1, 0.15) is 5.82 Å². The minimum absolute atomic E-state index is 0.102. The zero-order chi connectivity index (χ0) is 16.4. The standard InChI is InChI=1S/C14H12ClN5O2S/c1-10-2-7-13(18-17-10)20-14(8-9-16-20)19-23(21,22)12-5-3-11(15)4-6-12/h2-9,19H,1H3. The highest BCUT2D eigenvalue weighted by molar-refractivity contribution is 7.92.